The number of thioether (sulfide) groups is 1. The summed E-state index contributed by atoms with van der Waals surface area (Å²) in [6.45, 7) is 1.96. The SMILES string of the molecule is Cc1nnc(SCc2cccc(N)c2)s1. The van der Waals surface area contributed by atoms with Gasteiger partial charge in [0.2, 0.25) is 0 Å². The molecule has 78 valence electrons. The number of aryl methyl sites for hydroxylation is 1. The lowest BCUT2D eigenvalue weighted by Gasteiger charge is -1.99. The van der Waals surface area contributed by atoms with Crippen LogP contribution in [0.5, 0.6) is 0 Å². The number of nitrogen functional groups attached to an aromatic ring is 1. The Hall–Kier alpha value is -1.07. The topological polar surface area (TPSA) is 51.8 Å². The number of nitrogens with zero attached hydrogens (tertiary/aromatic N) is 2. The van der Waals surface area contributed by atoms with Crippen molar-refractivity contribution in [3.05, 3.63) is 34.8 Å². The van der Waals surface area contributed by atoms with Crippen LogP contribution in [0.15, 0.2) is 28.6 Å². The lowest BCUT2D eigenvalue weighted by atomic mass is 10.2. The standard InChI is InChI=1S/C10H11N3S2/c1-7-12-13-10(15-7)14-6-8-3-2-4-9(11)5-8/h2-5H,6,11H2,1H3. The first-order valence-corrected chi connectivity index (χ1v) is 6.31. The predicted octanol–water partition coefficient (Wildman–Crippen LogP) is 2.72. The zero-order chi connectivity index (χ0) is 10.7. The first-order valence-electron chi connectivity index (χ1n) is 4.51. The average molecular weight is 237 g/mol. The Balaban J connectivity index is 1.99. The fraction of sp³-hybridized carbons (Fsp3) is 0.200. The molecule has 3 nitrogen and oxygen atoms in total. The van der Waals surface area contributed by atoms with Gasteiger partial charge in [0.25, 0.3) is 0 Å². The van der Waals surface area contributed by atoms with Gasteiger partial charge in [0.05, 0.1) is 0 Å². The maximum atomic E-state index is 5.70. The Morgan fingerprint density at radius 2 is 2.27 bits per heavy atom. The minimum atomic E-state index is 0.807. The van der Waals surface area contributed by atoms with Gasteiger partial charge >= 0.3 is 0 Å². The third-order valence-corrected chi connectivity index (χ3v) is 3.86. The number of aromatic nitrogens is 2. The smallest absolute Gasteiger partial charge is 0.174 e. The van der Waals surface area contributed by atoms with E-state index in [4.69, 9.17) is 5.73 Å². The largest absolute Gasteiger partial charge is 0.399 e. The molecule has 15 heavy (non-hydrogen) atoms. The first-order chi connectivity index (χ1) is 7.24. The molecule has 0 saturated carbocycles. The highest BCUT2D eigenvalue weighted by Crippen LogP contribution is 2.25. The minimum absolute atomic E-state index is 0.807. The van der Waals surface area contributed by atoms with E-state index in [-0.39, 0.29) is 0 Å². The fourth-order valence-electron chi connectivity index (χ4n) is 1.16. The molecular weight excluding hydrogens is 226 g/mol. The van der Waals surface area contributed by atoms with Crippen LogP contribution >= 0.6 is 23.1 Å². The Labute approximate surface area is 96.7 Å². The highest BCUT2D eigenvalue weighted by atomic mass is 32.2. The van der Waals surface area contributed by atoms with Crippen LogP contribution in [0.25, 0.3) is 0 Å². The lowest BCUT2D eigenvalue weighted by molar-refractivity contribution is 0.983. The number of hydrogen-bond donors (Lipinski definition) is 1. The molecule has 0 saturated heterocycles. The summed E-state index contributed by atoms with van der Waals surface area (Å²) < 4.78 is 1.01. The second-order valence-corrected chi connectivity index (χ2v) is 5.52. The minimum Gasteiger partial charge on any atom is -0.399 e. The van der Waals surface area contributed by atoms with Crippen LogP contribution in [0.4, 0.5) is 5.69 Å². The summed E-state index contributed by atoms with van der Waals surface area (Å²) in [6.07, 6.45) is 0. The Bertz CT molecular complexity index is 453. The quantitative estimate of drug-likeness (QED) is 0.658. The monoisotopic (exact) mass is 237 g/mol. The summed E-state index contributed by atoms with van der Waals surface area (Å²) in [4.78, 5) is 0. The Morgan fingerprint density at radius 3 is 2.93 bits per heavy atom. The maximum Gasteiger partial charge on any atom is 0.174 e. The summed E-state index contributed by atoms with van der Waals surface area (Å²) in [6, 6.07) is 7.91. The van der Waals surface area contributed by atoms with Crippen LogP contribution in [0.1, 0.15) is 10.6 Å². The Kier molecular flexibility index (Phi) is 3.23. The van der Waals surface area contributed by atoms with E-state index in [1.165, 1.54) is 5.56 Å². The molecule has 0 fully saturated rings. The van der Waals surface area contributed by atoms with Gasteiger partial charge < -0.3 is 5.73 Å². The van der Waals surface area contributed by atoms with Gasteiger partial charge in [-0.3, -0.25) is 0 Å². The van der Waals surface area contributed by atoms with Crippen LogP contribution in [-0.4, -0.2) is 10.2 Å². The van der Waals surface area contributed by atoms with Crippen molar-refractivity contribution in [2.24, 2.45) is 0 Å². The molecule has 2 N–H and O–H groups in total. The fourth-order valence-corrected chi connectivity index (χ4v) is 2.92. The van der Waals surface area contributed by atoms with E-state index in [9.17, 15) is 0 Å². The van der Waals surface area contributed by atoms with Crippen molar-refractivity contribution in [3.63, 3.8) is 0 Å². The molecule has 0 radical (unpaired) electrons. The van der Waals surface area contributed by atoms with Crippen molar-refractivity contribution in [3.8, 4) is 0 Å². The zero-order valence-corrected chi connectivity index (χ0v) is 9.94. The molecular formula is C10H11N3S2. The van der Waals surface area contributed by atoms with Crippen molar-refractivity contribution in [1.82, 2.24) is 10.2 Å². The third kappa shape index (κ3) is 2.94. The summed E-state index contributed by atoms with van der Waals surface area (Å²) in [7, 11) is 0. The molecule has 1 aromatic heterocycles. The summed E-state index contributed by atoms with van der Waals surface area (Å²) in [5.74, 6) is 0.889. The normalized spacial score (nSPS) is 10.5. The van der Waals surface area contributed by atoms with Crippen LogP contribution in [-0.2, 0) is 5.75 Å². The van der Waals surface area contributed by atoms with Gasteiger partial charge in [0, 0.05) is 11.4 Å². The van der Waals surface area contributed by atoms with Crippen LogP contribution in [0.3, 0.4) is 0 Å². The van der Waals surface area contributed by atoms with Gasteiger partial charge in [-0.25, -0.2) is 0 Å². The molecule has 2 rings (SSSR count). The lowest BCUT2D eigenvalue weighted by Crippen LogP contribution is -1.86. The van der Waals surface area contributed by atoms with Gasteiger partial charge in [-0.2, -0.15) is 0 Å². The van der Waals surface area contributed by atoms with Crippen LogP contribution < -0.4 is 5.73 Å². The predicted molar refractivity (Wildman–Crippen MR) is 65.1 cm³/mol. The first kappa shape index (κ1) is 10.4. The van der Waals surface area contributed by atoms with Crippen molar-refractivity contribution in [1.29, 1.82) is 0 Å². The molecule has 2 aromatic rings. The second kappa shape index (κ2) is 4.63. The van der Waals surface area contributed by atoms with E-state index in [0.717, 1.165) is 20.8 Å². The maximum absolute atomic E-state index is 5.70. The van der Waals surface area contributed by atoms with E-state index >= 15 is 0 Å². The molecule has 0 spiro atoms. The van der Waals surface area contributed by atoms with Gasteiger partial charge in [-0.1, -0.05) is 35.2 Å². The molecule has 5 heteroatoms. The zero-order valence-electron chi connectivity index (χ0n) is 8.30. The third-order valence-electron chi connectivity index (χ3n) is 1.82. The van der Waals surface area contributed by atoms with Crippen LogP contribution in [0.2, 0.25) is 0 Å². The highest BCUT2D eigenvalue weighted by Gasteiger charge is 2.01. The summed E-state index contributed by atoms with van der Waals surface area (Å²) >= 11 is 3.31. The molecule has 0 bridgehead atoms. The van der Waals surface area contributed by atoms with Crippen molar-refractivity contribution < 1.29 is 0 Å². The molecule has 0 aliphatic rings. The van der Waals surface area contributed by atoms with Crippen LogP contribution in [0, 0.1) is 6.92 Å². The van der Waals surface area contributed by atoms with Gasteiger partial charge in [-0.15, -0.1) is 10.2 Å². The van der Waals surface area contributed by atoms with E-state index in [2.05, 4.69) is 16.3 Å². The van der Waals surface area contributed by atoms with Crippen molar-refractivity contribution >= 4 is 28.8 Å². The van der Waals surface area contributed by atoms with Gasteiger partial charge in [-0.05, 0) is 24.6 Å². The van der Waals surface area contributed by atoms with Crippen molar-refractivity contribution in [2.45, 2.75) is 17.0 Å². The summed E-state index contributed by atoms with van der Waals surface area (Å²) in [5.41, 5.74) is 7.72. The van der Waals surface area contributed by atoms with E-state index in [1.54, 1.807) is 23.1 Å². The van der Waals surface area contributed by atoms with Gasteiger partial charge in [0.15, 0.2) is 4.34 Å². The summed E-state index contributed by atoms with van der Waals surface area (Å²) in [5, 5.41) is 9.03. The van der Waals surface area contributed by atoms with E-state index < -0.39 is 0 Å². The Morgan fingerprint density at radius 1 is 1.40 bits per heavy atom. The molecule has 0 atom stereocenters. The molecule has 0 aliphatic carbocycles. The van der Waals surface area contributed by atoms with E-state index in [0.29, 0.717) is 0 Å². The van der Waals surface area contributed by atoms with Gasteiger partial charge in [0.1, 0.15) is 5.01 Å². The number of hydrogen-bond acceptors (Lipinski definition) is 5. The number of rotatable bonds is 3. The highest BCUT2D eigenvalue weighted by molar-refractivity contribution is 8.00. The second-order valence-electron chi connectivity index (χ2n) is 3.12. The molecule has 0 aliphatic heterocycles. The molecule has 0 amide bonds. The number of benzene rings is 1. The average Bonchev–Trinajstić information content (AvgIpc) is 2.62. The number of anilines is 1. The van der Waals surface area contributed by atoms with Crippen molar-refractivity contribution in [2.75, 3.05) is 5.73 Å². The molecule has 0 unspecified atom stereocenters. The van der Waals surface area contributed by atoms with E-state index in [1.807, 2.05) is 25.1 Å². The molecule has 1 aromatic carbocycles. The number of nitrogens with two attached hydrogens (primary N) is 1. The molecule has 1 heterocycles.